The highest BCUT2D eigenvalue weighted by Crippen LogP contribution is 2.46. The van der Waals surface area contributed by atoms with E-state index < -0.39 is 22.6 Å². The zero-order chi connectivity index (χ0) is 23.2. The summed E-state index contributed by atoms with van der Waals surface area (Å²) in [6, 6.07) is 2.29. The molecule has 1 fully saturated rings. The zero-order valence-electron chi connectivity index (χ0n) is 21.5. The molecule has 0 aliphatic heterocycles. The van der Waals surface area contributed by atoms with Crippen LogP contribution in [0.15, 0.2) is 0 Å². The highest BCUT2D eigenvalue weighted by molar-refractivity contribution is 6.77. The third-order valence-corrected chi connectivity index (χ3v) is 14.8. The van der Waals surface area contributed by atoms with Crippen molar-refractivity contribution in [1.29, 1.82) is 0 Å². The van der Waals surface area contributed by atoms with Gasteiger partial charge >= 0.3 is 9.28 Å². The average molecular weight is 472 g/mol. The number of rotatable bonds is 17. The maximum Gasteiger partial charge on any atom is 0.402 e. The number of hydrogen-bond acceptors (Lipinski definition) is 4. The Hall–Kier alpha value is -0.176. The molecule has 0 amide bonds. The molecule has 1 radical (unpaired) electrons. The Kier molecular flexibility index (Phi) is 14.5. The van der Waals surface area contributed by atoms with E-state index in [9.17, 15) is 4.79 Å². The number of hydrogen-bond donors (Lipinski definition) is 0. The second kappa shape index (κ2) is 15.6. The third-order valence-electron chi connectivity index (χ3n) is 7.21. The normalized spacial score (nSPS) is 17.6. The molecule has 0 saturated heterocycles. The molecule has 0 aromatic heterocycles. The van der Waals surface area contributed by atoms with Crippen LogP contribution in [-0.4, -0.2) is 36.8 Å². The maximum absolute atomic E-state index is 13.9. The third kappa shape index (κ3) is 8.60. The molecule has 0 N–H and O–H groups in total. The molecule has 0 heterocycles. The summed E-state index contributed by atoms with van der Waals surface area (Å²) < 4.78 is 18.9. The smallest absolute Gasteiger partial charge is 0.402 e. The predicted molar refractivity (Wildman–Crippen MR) is 135 cm³/mol. The van der Waals surface area contributed by atoms with Crippen molar-refractivity contribution in [2.75, 3.05) is 13.2 Å². The SMILES string of the molecule is CCCCC[Si](CCCCC)(OC(=O)C(C)(CC)[Si](OCC)OCC)C1CCCCC1. The van der Waals surface area contributed by atoms with Crippen LogP contribution in [0.25, 0.3) is 0 Å². The lowest BCUT2D eigenvalue weighted by molar-refractivity contribution is -0.139. The number of carbonyl (C=O) groups is 1. The van der Waals surface area contributed by atoms with Gasteiger partial charge in [0.2, 0.25) is 0 Å². The van der Waals surface area contributed by atoms with Crippen LogP contribution in [-0.2, 0) is 18.1 Å². The van der Waals surface area contributed by atoms with E-state index in [0.717, 1.165) is 12.1 Å². The van der Waals surface area contributed by atoms with Crippen molar-refractivity contribution in [3.05, 3.63) is 0 Å². The van der Waals surface area contributed by atoms with Gasteiger partial charge in [0.25, 0.3) is 14.3 Å². The van der Waals surface area contributed by atoms with E-state index in [1.165, 1.54) is 70.6 Å². The summed E-state index contributed by atoms with van der Waals surface area (Å²) in [4.78, 5) is 13.9. The van der Waals surface area contributed by atoms with E-state index in [1.54, 1.807) is 0 Å². The second-order valence-corrected chi connectivity index (χ2v) is 15.9. The van der Waals surface area contributed by atoms with Gasteiger partial charge in [0.1, 0.15) is 5.04 Å². The zero-order valence-corrected chi connectivity index (χ0v) is 23.5. The molecule has 0 aromatic rings. The van der Waals surface area contributed by atoms with Crippen LogP contribution in [0.2, 0.25) is 22.7 Å². The first-order chi connectivity index (χ1) is 14.9. The minimum Gasteiger partial charge on any atom is -0.518 e. The van der Waals surface area contributed by atoms with Crippen molar-refractivity contribution in [2.24, 2.45) is 0 Å². The van der Waals surface area contributed by atoms with E-state index in [2.05, 4.69) is 20.8 Å². The molecule has 1 atom stereocenters. The molecule has 183 valence electrons. The quantitative estimate of drug-likeness (QED) is 0.160. The summed E-state index contributed by atoms with van der Waals surface area (Å²) in [6.07, 6.45) is 14.5. The molecule has 1 aliphatic carbocycles. The van der Waals surface area contributed by atoms with Gasteiger partial charge in [0.15, 0.2) is 0 Å². The fraction of sp³-hybridized carbons (Fsp3) is 0.960. The number of unbranched alkanes of at least 4 members (excludes halogenated alkanes) is 4. The van der Waals surface area contributed by atoms with Crippen LogP contribution in [0.1, 0.15) is 119 Å². The highest BCUT2D eigenvalue weighted by Gasteiger charge is 2.52. The van der Waals surface area contributed by atoms with Crippen molar-refractivity contribution < 1.29 is 18.1 Å². The Morgan fingerprint density at radius 2 is 1.39 bits per heavy atom. The van der Waals surface area contributed by atoms with Crippen molar-refractivity contribution in [3.63, 3.8) is 0 Å². The fourth-order valence-corrected chi connectivity index (χ4v) is 12.0. The minimum atomic E-state index is -2.19. The molecular weight excluding hydrogens is 420 g/mol. The number of carbonyl (C=O) groups excluding carboxylic acids is 1. The van der Waals surface area contributed by atoms with Crippen molar-refractivity contribution in [2.45, 2.75) is 141 Å². The predicted octanol–water partition coefficient (Wildman–Crippen LogP) is 7.92. The standard InChI is InChI=1S/C25H51O4Si2/c1-7-12-17-21-31(22-18-13-8-2,23-19-15-14-16-20-23)29-24(26)25(6,9-3)30(27-10-4)28-11-5/h23H,7-22H2,1-6H3. The van der Waals surface area contributed by atoms with Crippen LogP contribution < -0.4 is 0 Å². The van der Waals surface area contributed by atoms with Crippen molar-refractivity contribution in [1.82, 2.24) is 0 Å². The lowest BCUT2D eigenvalue weighted by atomic mass is 10.0. The first-order valence-electron chi connectivity index (χ1n) is 13.3. The molecule has 1 unspecified atom stereocenters. The van der Waals surface area contributed by atoms with Gasteiger partial charge in [0, 0.05) is 13.2 Å². The summed E-state index contributed by atoms with van der Waals surface area (Å²) in [5.41, 5.74) is 0.634. The molecular formula is C25H51O4Si2. The van der Waals surface area contributed by atoms with Gasteiger partial charge in [-0.15, -0.1) is 0 Å². The van der Waals surface area contributed by atoms with Gasteiger partial charge in [-0.2, -0.15) is 0 Å². The van der Waals surface area contributed by atoms with Gasteiger partial charge in [-0.1, -0.05) is 78.6 Å². The first kappa shape index (κ1) is 28.9. The highest BCUT2D eigenvalue weighted by atomic mass is 28.4. The summed E-state index contributed by atoms with van der Waals surface area (Å²) >= 11 is 0. The Bertz CT molecular complexity index is 466. The Morgan fingerprint density at radius 3 is 1.81 bits per heavy atom. The average Bonchev–Trinajstić information content (AvgIpc) is 2.79. The summed E-state index contributed by atoms with van der Waals surface area (Å²) in [6.45, 7) is 13.8. The fourth-order valence-electron chi connectivity index (χ4n) is 4.99. The van der Waals surface area contributed by atoms with Crippen molar-refractivity contribution >= 4 is 23.6 Å². The van der Waals surface area contributed by atoms with E-state index in [1.807, 2.05) is 20.8 Å². The minimum absolute atomic E-state index is 0.0176. The van der Waals surface area contributed by atoms with Gasteiger partial charge in [0.05, 0.1) is 0 Å². The van der Waals surface area contributed by atoms with E-state index in [4.69, 9.17) is 13.3 Å². The van der Waals surface area contributed by atoms with E-state index >= 15 is 0 Å². The van der Waals surface area contributed by atoms with Crippen LogP contribution in [0.4, 0.5) is 0 Å². The summed E-state index contributed by atoms with van der Waals surface area (Å²) in [5, 5.41) is -0.654. The van der Waals surface area contributed by atoms with Gasteiger partial charge in [-0.05, 0) is 57.7 Å². The molecule has 0 aromatic carbocycles. The van der Waals surface area contributed by atoms with Gasteiger partial charge in [-0.25, -0.2) is 0 Å². The van der Waals surface area contributed by atoms with E-state index in [0.29, 0.717) is 25.2 Å². The molecule has 6 heteroatoms. The van der Waals surface area contributed by atoms with Crippen LogP contribution in [0, 0.1) is 0 Å². The monoisotopic (exact) mass is 471 g/mol. The molecule has 4 nitrogen and oxygen atoms in total. The first-order valence-corrected chi connectivity index (χ1v) is 17.0. The van der Waals surface area contributed by atoms with E-state index in [-0.39, 0.29) is 5.97 Å². The lowest BCUT2D eigenvalue weighted by Gasteiger charge is -2.43. The summed E-state index contributed by atoms with van der Waals surface area (Å²) in [7, 11) is -3.93. The van der Waals surface area contributed by atoms with Crippen molar-refractivity contribution in [3.8, 4) is 0 Å². The summed E-state index contributed by atoms with van der Waals surface area (Å²) in [5.74, 6) is -0.0176. The van der Waals surface area contributed by atoms with Crippen LogP contribution in [0.5, 0.6) is 0 Å². The molecule has 1 saturated carbocycles. The molecule has 0 bridgehead atoms. The Balaban J connectivity index is 3.21. The molecule has 1 rings (SSSR count). The lowest BCUT2D eigenvalue weighted by Crippen LogP contribution is -2.51. The molecule has 0 spiro atoms. The van der Waals surface area contributed by atoms with Crippen LogP contribution >= 0.6 is 0 Å². The van der Waals surface area contributed by atoms with Gasteiger partial charge < -0.3 is 13.3 Å². The maximum atomic E-state index is 13.9. The Labute approximate surface area is 196 Å². The molecule has 31 heavy (non-hydrogen) atoms. The Morgan fingerprint density at radius 1 is 0.871 bits per heavy atom. The topological polar surface area (TPSA) is 44.8 Å². The molecule has 1 aliphatic rings. The largest absolute Gasteiger partial charge is 0.518 e. The second-order valence-electron chi connectivity index (χ2n) is 9.54. The van der Waals surface area contributed by atoms with Crippen LogP contribution in [0.3, 0.4) is 0 Å². The van der Waals surface area contributed by atoms with Gasteiger partial charge in [-0.3, -0.25) is 4.79 Å².